The van der Waals surface area contributed by atoms with E-state index in [1.807, 2.05) is 25.1 Å². The minimum absolute atomic E-state index is 0.171. The Morgan fingerprint density at radius 1 is 1.14 bits per heavy atom. The maximum atomic E-state index is 12.8. The molecule has 1 fully saturated rings. The Bertz CT molecular complexity index is 1540. The fourth-order valence-corrected chi connectivity index (χ4v) is 3.89. The van der Waals surface area contributed by atoms with Gasteiger partial charge in [0.05, 0.1) is 17.3 Å². The molecule has 2 N–H and O–H groups in total. The minimum atomic E-state index is -0.440. The molecule has 10 heteroatoms. The van der Waals surface area contributed by atoms with E-state index in [-0.39, 0.29) is 17.0 Å². The molecule has 0 spiro atoms. The molecular weight excluding hydrogens is 444 g/mol. The molecule has 0 aliphatic heterocycles. The van der Waals surface area contributed by atoms with Crippen molar-refractivity contribution >= 4 is 17.1 Å². The lowest BCUT2D eigenvalue weighted by Crippen LogP contribution is -2.27. The van der Waals surface area contributed by atoms with Crippen LogP contribution in [0.25, 0.3) is 33.9 Å². The van der Waals surface area contributed by atoms with E-state index in [4.69, 9.17) is 9.51 Å². The topological polar surface area (TPSA) is 135 Å². The average Bonchev–Trinajstić information content (AvgIpc) is 3.28. The van der Waals surface area contributed by atoms with Crippen molar-refractivity contribution in [1.82, 2.24) is 40.4 Å². The summed E-state index contributed by atoms with van der Waals surface area (Å²) in [6.07, 6.45) is 7.03. The third-order valence-corrected chi connectivity index (χ3v) is 6.37. The van der Waals surface area contributed by atoms with Crippen LogP contribution in [0.1, 0.15) is 54.7 Å². The van der Waals surface area contributed by atoms with E-state index in [1.165, 1.54) is 6.33 Å². The molecule has 1 saturated carbocycles. The van der Waals surface area contributed by atoms with Gasteiger partial charge in [0.1, 0.15) is 17.7 Å². The molecule has 1 atom stereocenters. The van der Waals surface area contributed by atoms with Crippen LogP contribution in [-0.2, 0) is 5.41 Å². The number of rotatable bonds is 6. The SMILES string of the molecule is CC(NC(=O)c1cc(-c2cccnc2)ncn1)c1cc(-c2nc3nc(C4(C)CC4)ccc3[nH]2)no1. The van der Waals surface area contributed by atoms with E-state index in [0.717, 1.165) is 29.6 Å². The highest BCUT2D eigenvalue weighted by molar-refractivity contribution is 5.93. The van der Waals surface area contributed by atoms with Crippen molar-refractivity contribution in [2.24, 2.45) is 0 Å². The van der Waals surface area contributed by atoms with Gasteiger partial charge in [0.25, 0.3) is 5.91 Å². The molecule has 0 radical (unpaired) electrons. The van der Waals surface area contributed by atoms with Crippen LogP contribution in [0.2, 0.25) is 0 Å². The summed E-state index contributed by atoms with van der Waals surface area (Å²) in [6, 6.07) is 10.7. The molecule has 5 heterocycles. The maximum absolute atomic E-state index is 12.8. The molecule has 1 unspecified atom stereocenters. The van der Waals surface area contributed by atoms with Crippen molar-refractivity contribution in [3.05, 3.63) is 72.3 Å². The molecule has 1 amide bonds. The van der Waals surface area contributed by atoms with Gasteiger partial charge in [0.2, 0.25) is 0 Å². The van der Waals surface area contributed by atoms with Crippen molar-refractivity contribution in [1.29, 1.82) is 0 Å². The smallest absolute Gasteiger partial charge is 0.270 e. The molecule has 35 heavy (non-hydrogen) atoms. The number of H-pyrrole nitrogens is 1. The van der Waals surface area contributed by atoms with Gasteiger partial charge in [-0.05, 0) is 50.1 Å². The predicted molar refractivity (Wildman–Crippen MR) is 127 cm³/mol. The van der Waals surface area contributed by atoms with Crippen LogP contribution in [0.4, 0.5) is 0 Å². The Morgan fingerprint density at radius 3 is 2.83 bits per heavy atom. The number of hydrogen-bond donors (Lipinski definition) is 2. The lowest BCUT2D eigenvalue weighted by Gasteiger charge is -2.10. The molecule has 5 aromatic rings. The van der Waals surface area contributed by atoms with Crippen LogP contribution in [0.5, 0.6) is 0 Å². The first-order valence-electron chi connectivity index (χ1n) is 11.4. The third kappa shape index (κ3) is 4.03. The number of pyridine rings is 2. The minimum Gasteiger partial charge on any atom is -0.358 e. The number of aromatic nitrogens is 7. The van der Waals surface area contributed by atoms with Gasteiger partial charge >= 0.3 is 0 Å². The molecule has 1 aliphatic carbocycles. The van der Waals surface area contributed by atoms with Crippen LogP contribution >= 0.6 is 0 Å². The second-order valence-electron chi connectivity index (χ2n) is 9.05. The summed E-state index contributed by atoms with van der Waals surface area (Å²) in [7, 11) is 0. The number of aromatic amines is 1. The number of carbonyl (C=O) groups is 1. The van der Waals surface area contributed by atoms with Gasteiger partial charge in [0.15, 0.2) is 17.2 Å². The zero-order valence-corrected chi connectivity index (χ0v) is 19.2. The van der Waals surface area contributed by atoms with E-state index in [9.17, 15) is 4.79 Å². The van der Waals surface area contributed by atoms with E-state index in [0.29, 0.717) is 28.6 Å². The average molecular weight is 467 g/mol. The van der Waals surface area contributed by atoms with Crippen molar-refractivity contribution in [3.63, 3.8) is 0 Å². The number of amides is 1. The summed E-state index contributed by atoms with van der Waals surface area (Å²) in [5.41, 5.74) is 4.94. The molecular formula is C25H22N8O2. The standard InChI is InChI=1S/C25H22N8O2/c1-14(29-24(34)19-10-17(27-13-28-19)15-4-3-9-26-12-15)20-11-18(33-35-20)23-30-16-5-6-21(25(2)7-8-25)31-22(16)32-23/h3-6,9-14H,7-8H2,1-2H3,(H,29,34)(H,30,31,32). The summed E-state index contributed by atoms with van der Waals surface area (Å²) in [5, 5.41) is 7.03. The van der Waals surface area contributed by atoms with Gasteiger partial charge in [0, 0.05) is 35.1 Å². The monoisotopic (exact) mass is 466 g/mol. The fourth-order valence-electron chi connectivity index (χ4n) is 3.89. The summed E-state index contributed by atoms with van der Waals surface area (Å²) >= 11 is 0. The molecule has 6 rings (SSSR count). The Labute approximate surface area is 200 Å². The van der Waals surface area contributed by atoms with Crippen molar-refractivity contribution in [2.45, 2.75) is 38.1 Å². The van der Waals surface area contributed by atoms with E-state index in [1.54, 1.807) is 24.5 Å². The summed E-state index contributed by atoms with van der Waals surface area (Å²) in [5.74, 6) is 0.711. The second kappa shape index (κ2) is 8.08. The van der Waals surface area contributed by atoms with Gasteiger partial charge in [-0.25, -0.2) is 19.9 Å². The number of hydrogen-bond acceptors (Lipinski definition) is 8. The number of carbonyl (C=O) groups excluding carboxylic acids is 1. The van der Waals surface area contributed by atoms with Crippen LogP contribution in [0.3, 0.4) is 0 Å². The van der Waals surface area contributed by atoms with E-state index in [2.05, 4.69) is 48.4 Å². The quantitative estimate of drug-likeness (QED) is 0.383. The zero-order chi connectivity index (χ0) is 24.0. The normalized spacial score (nSPS) is 15.1. The largest absolute Gasteiger partial charge is 0.358 e. The van der Waals surface area contributed by atoms with Crippen molar-refractivity contribution < 1.29 is 9.32 Å². The summed E-state index contributed by atoms with van der Waals surface area (Å²) in [6.45, 7) is 4.03. The third-order valence-electron chi connectivity index (χ3n) is 6.37. The van der Waals surface area contributed by atoms with Crippen molar-refractivity contribution in [2.75, 3.05) is 0 Å². The predicted octanol–water partition coefficient (Wildman–Crippen LogP) is 4.01. The van der Waals surface area contributed by atoms with Crippen LogP contribution in [-0.4, -0.2) is 41.0 Å². The number of imidazole rings is 1. The maximum Gasteiger partial charge on any atom is 0.270 e. The molecule has 0 aromatic carbocycles. The zero-order valence-electron chi connectivity index (χ0n) is 19.2. The molecule has 0 bridgehead atoms. The Morgan fingerprint density at radius 2 is 2.03 bits per heavy atom. The van der Waals surface area contributed by atoms with Gasteiger partial charge in [-0.1, -0.05) is 12.1 Å². The van der Waals surface area contributed by atoms with E-state index < -0.39 is 6.04 Å². The Hall–Kier alpha value is -4.47. The van der Waals surface area contributed by atoms with Gasteiger partial charge in [-0.2, -0.15) is 0 Å². The van der Waals surface area contributed by atoms with Crippen molar-refractivity contribution in [3.8, 4) is 22.8 Å². The molecule has 1 aliphatic rings. The lowest BCUT2D eigenvalue weighted by atomic mass is 10.1. The summed E-state index contributed by atoms with van der Waals surface area (Å²) in [4.78, 5) is 37.8. The molecule has 174 valence electrons. The van der Waals surface area contributed by atoms with Crippen LogP contribution in [0.15, 0.2) is 59.6 Å². The molecule has 5 aromatic heterocycles. The first-order chi connectivity index (χ1) is 17.0. The van der Waals surface area contributed by atoms with Gasteiger partial charge in [-0.3, -0.25) is 9.78 Å². The first-order valence-corrected chi connectivity index (χ1v) is 11.4. The highest BCUT2D eigenvalue weighted by Gasteiger charge is 2.40. The van der Waals surface area contributed by atoms with Gasteiger partial charge < -0.3 is 14.8 Å². The second-order valence-corrected chi connectivity index (χ2v) is 9.05. The lowest BCUT2D eigenvalue weighted by molar-refractivity contribution is 0.0928. The number of nitrogens with zero attached hydrogens (tertiary/aromatic N) is 6. The fraction of sp³-hybridized carbons (Fsp3) is 0.240. The first kappa shape index (κ1) is 21.1. The Balaban J connectivity index is 1.18. The van der Waals surface area contributed by atoms with Crippen LogP contribution < -0.4 is 5.32 Å². The molecule has 10 nitrogen and oxygen atoms in total. The summed E-state index contributed by atoms with van der Waals surface area (Å²) < 4.78 is 5.51. The Kier molecular flexibility index (Phi) is 4.87. The molecule has 0 saturated heterocycles. The van der Waals surface area contributed by atoms with Crippen LogP contribution in [0, 0.1) is 0 Å². The highest BCUT2D eigenvalue weighted by atomic mass is 16.5. The highest BCUT2D eigenvalue weighted by Crippen LogP contribution is 2.46. The van der Waals surface area contributed by atoms with Gasteiger partial charge in [-0.15, -0.1) is 0 Å². The van der Waals surface area contributed by atoms with E-state index >= 15 is 0 Å². The number of fused-ring (bicyclic) bond motifs is 1. The number of nitrogens with one attached hydrogen (secondary N) is 2.